The second-order valence-electron chi connectivity index (χ2n) is 3.61. The van der Waals surface area contributed by atoms with Crippen LogP contribution in [-0.4, -0.2) is 47.7 Å². The minimum atomic E-state index is -0.313. The van der Waals surface area contributed by atoms with Crippen LogP contribution >= 0.6 is 11.8 Å². The molecule has 6 heteroatoms. The maximum atomic E-state index is 11.3. The van der Waals surface area contributed by atoms with Crippen LogP contribution in [0.4, 0.5) is 0 Å². The maximum absolute atomic E-state index is 11.3. The molecule has 0 unspecified atom stereocenters. The van der Waals surface area contributed by atoms with Gasteiger partial charge in [-0.2, -0.15) is 11.8 Å². The first kappa shape index (κ1) is 17.7. The number of rotatable bonds is 7. The summed E-state index contributed by atoms with van der Waals surface area (Å²) in [6.45, 7) is 4.55. The Morgan fingerprint density at radius 3 is 2.37 bits per heavy atom. The van der Waals surface area contributed by atoms with Crippen molar-refractivity contribution in [2.24, 2.45) is 0 Å². The average molecular weight is 286 g/mol. The third-order valence-corrected chi connectivity index (χ3v) is 3.01. The van der Waals surface area contributed by atoms with Gasteiger partial charge in [-0.15, -0.1) is 0 Å². The Bertz CT molecular complexity index is 325. The lowest BCUT2D eigenvalue weighted by Crippen LogP contribution is -2.38. The first-order valence-corrected chi connectivity index (χ1v) is 7.83. The summed E-state index contributed by atoms with van der Waals surface area (Å²) in [6.07, 6.45) is 5.80. The second-order valence-corrected chi connectivity index (χ2v) is 4.59. The fourth-order valence-corrected chi connectivity index (χ4v) is 1.86. The van der Waals surface area contributed by atoms with E-state index in [2.05, 4.69) is 5.32 Å². The molecule has 0 atom stereocenters. The van der Waals surface area contributed by atoms with E-state index in [0.717, 1.165) is 17.1 Å². The van der Waals surface area contributed by atoms with Crippen LogP contribution in [0, 0.1) is 0 Å². The largest absolute Gasteiger partial charge is 0.354 e. The molecular formula is C13H22N2O3S. The predicted molar refractivity (Wildman–Crippen MR) is 77.8 cm³/mol. The highest BCUT2D eigenvalue weighted by Gasteiger charge is 2.22. The molecule has 0 saturated heterocycles. The third kappa shape index (κ3) is 7.00. The van der Waals surface area contributed by atoms with Crippen molar-refractivity contribution in [3.8, 4) is 0 Å². The quantitative estimate of drug-likeness (QED) is 0.564. The Labute approximate surface area is 118 Å². The first-order chi connectivity index (χ1) is 9.15. The molecule has 0 aromatic carbocycles. The molecule has 0 aromatic heterocycles. The highest BCUT2D eigenvalue weighted by Crippen LogP contribution is 2.02. The van der Waals surface area contributed by atoms with Gasteiger partial charge in [0.15, 0.2) is 0 Å². The summed E-state index contributed by atoms with van der Waals surface area (Å²) < 4.78 is 0. The standard InChI is InChI=1S/C11H16N2O3S.C2H6/c1-17-8-2-3-9(14)12-6-7-13-10(15)4-5-11(13)16;1-2/h4-5H,2-3,6-8H2,1H3,(H,12,14);1-2H3. The molecule has 0 aromatic rings. The molecule has 0 saturated carbocycles. The zero-order valence-corrected chi connectivity index (χ0v) is 12.6. The van der Waals surface area contributed by atoms with E-state index >= 15 is 0 Å². The normalized spacial score (nSPS) is 13.3. The van der Waals surface area contributed by atoms with Gasteiger partial charge in [0.25, 0.3) is 11.8 Å². The Morgan fingerprint density at radius 1 is 1.26 bits per heavy atom. The number of carbonyl (C=O) groups is 3. The summed E-state index contributed by atoms with van der Waals surface area (Å²) in [5, 5.41) is 2.69. The van der Waals surface area contributed by atoms with Gasteiger partial charge in [-0.1, -0.05) is 13.8 Å². The summed E-state index contributed by atoms with van der Waals surface area (Å²) in [5.41, 5.74) is 0. The minimum Gasteiger partial charge on any atom is -0.354 e. The average Bonchev–Trinajstić information content (AvgIpc) is 2.73. The summed E-state index contributed by atoms with van der Waals surface area (Å²) in [4.78, 5) is 34.8. The lowest BCUT2D eigenvalue weighted by Gasteiger charge is -2.13. The van der Waals surface area contributed by atoms with E-state index in [-0.39, 0.29) is 24.3 Å². The van der Waals surface area contributed by atoms with Crippen molar-refractivity contribution in [3.63, 3.8) is 0 Å². The Balaban J connectivity index is 0.00000154. The Morgan fingerprint density at radius 2 is 1.84 bits per heavy atom. The fraction of sp³-hybridized carbons (Fsp3) is 0.615. The van der Waals surface area contributed by atoms with Crippen LogP contribution in [0.2, 0.25) is 0 Å². The summed E-state index contributed by atoms with van der Waals surface area (Å²) in [5.74, 6) is 0.296. The molecule has 1 aliphatic rings. The van der Waals surface area contributed by atoms with Crippen LogP contribution in [0.15, 0.2) is 12.2 Å². The molecule has 0 aliphatic carbocycles. The van der Waals surface area contributed by atoms with Crippen LogP contribution in [-0.2, 0) is 14.4 Å². The Hall–Kier alpha value is -1.30. The van der Waals surface area contributed by atoms with E-state index in [1.54, 1.807) is 11.8 Å². The van der Waals surface area contributed by atoms with Crippen LogP contribution in [0.1, 0.15) is 26.7 Å². The fourth-order valence-electron chi connectivity index (χ4n) is 1.42. The number of amides is 3. The second kappa shape index (κ2) is 10.6. The van der Waals surface area contributed by atoms with Crippen molar-refractivity contribution in [1.82, 2.24) is 10.2 Å². The topological polar surface area (TPSA) is 66.5 Å². The zero-order chi connectivity index (χ0) is 14.7. The summed E-state index contributed by atoms with van der Waals surface area (Å²) in [7, 11) is 0. The molecule has 1 rings (SSSR count). The summed E-state index contributed by atoms with van der Waals surface area (Å²) >= 11 is 1.70. The molecular weight excluding hydrogens is 264 g/mol. The predicted octanol–water partition coefficient (Wildman–Crippen LogP) is 1.20. The molecule has 1 N–H and O–H groups in total. The zero-order valence-electron chi connectivity index (χ0n) is 11.8. The van der Waals surface area contributed by atoms with Gasteiger partial charge >= 0.3 is 0 Å². The van der Waals surface area contributed by atoms with Gasteiger partial charge in [-0.3, -0.25) is 19.3 Å². The number of nitrogens with zero attached hydrogens (tertiary/aromatic N) is 1. The molecule has 0 spiro atoms. The highest BCUT2D eigenvalue weighted by atomic mass is 32.2. The van der Waals surface area contributed by atoms with E-state index in [9.17, 15) is 14.4 Å². The minimum absolute atomic E-state index is 0.0360. The van der Waals surface area contributed by atoms with Crippen molar-refractivity contribution < 1.29 is 14.4 Å². The molecule has 0 fully saturated rings. The molecule has 0 radical (unpaired) electrons. The number of imide groups is 1. The molecule has 0 bridgehead atoms. The van der Waals surface area contributed by atoms with Crippen LogP contribution in [0.25, 0.3) is 0 Å². The van der Waals surface area contributed by atoms with Crippen LogP contribution in [0.5, 0.6) is 0 Å². The van der Waals surface area contributed by atoms with Crippen molar-refractivity contribution in [1.29, 1.82) is 0 Å². The van der Waals surface area contributed by atoms with Gasteiger partial charge in [0.1, 0.15) is 0 Å². The summed E-state index contributed by atoms with van der Waals surface area (Å²) in [6, 6.07) is 0. The van der Waals surface area contributed by atoms with Crippen LogP contribution < -0.4 is 5.32 Å². The Kier molecular flexibility index (Phi) is 9.88. The smallest absolute Gasteiger partial charge is 0.253 e. The number of nitrogens with one attached hydrogen (secondary N) is 1. The van der Waals surface area contributed by atoms with Crippen molar-refractivity contribution in [2.45, 2.75) is 26.7 Å². The van der Waals surface area contributed by atoms with Gasteiger partial charge in [0.05, 0.1) is 0 Å². The maximum Gasteiger partial charge on any atom is 0.253 e. The first-order valence-electron chi connectivity index (χ1n) is 6.44. The third-order valence-electron chi connectivity index (χ3n) is 2.31. The number of thioether (sulfide) groups is 1. The van der Waals surface area contributed by atoms with Gasteiger partial charge in [-0.05, 0) is 18.4 Å². The SMILES string of the molecule is CC.CSCCCC(=O)NCCN1C(=O)C=CC1=O. The van der Waals surface area contributed by atoms with Gasteiger partial charge in [0.2, 0.25) is 5.91 Å². The number of carbonyl (C=O) groups excluding carboxylic acids is 3. The van der Waals surface area contributed by atoms with Gasteiger partial charge in [-0.25, -0.2) is 0 Å². The number of hydrogen-bond donors (Lipinski definition) is 1. The lowest BCUT2D eigenvalue weighted by atomic mass is 10.3. The van der Waals surface area contributed by atoms with E-state index in [4.69, 9.17) is 0 Å². The van der Waals surface area contributed by atoms with E-state index in [0.29, 0.717) is 13.0 Å². The number of hydrogen-bond acceptors (Lipinski definition) is 4. The van der Waals surface area contributed by atoms with Gasteiger partial charge in [0, 0.05) is 31.7 Å². The monoisotopic (exact) mass is 286 g/mol. The van der Waals surface area contributed by atoms with E-state index < -0.39 is 0 Å². The lowest BCUT2D eigenvalue weighted by molar-refractivity contribution is -0.137. The van der Waals surface area contributed by atoms with Crippen molar-refractivity contribution >= 4 is 29.5 Å². The van der Waals surface area contributed by atoms with Crippen LogP contribution in [0.3, 0.4) is 0 Å². The van der Waals surface area contributed by atoms with E-state index in [1.807, 2.05) is 20.1 Å². The molecule has 5 nitrogen and oxygen atoms in total. The van der Waals surface area contributed by atoms with E-state index in [1.165, 1.54) is 12.2 Å². The molecule has 1 heterocycles. The molecule has 19 heavy (non-hydrogen) atoms. The molecule has 1 aliphatic heterocycles. The molecule has 3 amide bonds. The molecule has 108 valence electrons. The van der Waals surface area contributed by atoms with Crippen molar-refractivity contribution in [2.75, 3.05) is 25.1 Å². The van der Waals surface area contributed by atoms with Crippen molar-refractivity contribution in [3.05, 3.63) is 12.2 Å². The van der Waals surface area contributed by atoms with Gasteiger partial charge < -0.3 is 5.32 Å². The highest BCUT2D eigenvalue weighted by molar-refractivity contribution is 7.98.